The number of carbonyl (C=O) groups is 1. The van der Waals surface area contributed by atoms with Crippen LogP contribution in [0.1, 0.15) is 25.8 Å². The summed E-state index contributed by atoms with van der Waals surface area (Å²) < 4.78 is 15.5. The number of hydrogen-bond acceptors (Lipinski definition) is 4. The van der Waals surface area contributed by atoms with Gasteiger partial charge < -0.3 is 19.5 Å². The molecule has 118 valence electrons. The Hall–Kier alpha value is -1.75. The number of carbonyl (C=O) groups excluding carboxylic acids is 1. The molecule has 0 spiro atoms. The zero-order valence-electron chi connectivity index (χ0n) is 13.5. The molecule has 1 aromatic rings. The molecule has 0 heterocycles. The van der Waals surface area contributed by atoms with E-state index in [9.17, 15) is 4.79 Å². The van der Waals surface area contributed by atoms with Gasteiger partial charge in [-0.3, -0.25) is 4.79 Å². The van der Waals surface area contributed by atoms with Gasteiger partial charge >= 0.3 is 0 Å². The summed E-state index contributed by atoms with van der Waals surface area (Å²) in [5.41, 5.74) is 0.233. The standard InChI is InChI=1S/C16H25NO4/c1-16(2,15(18)17-9-6-10-19-3)12-7-8-13(20-4)14(11-12)21-5/h7-8,11H,6,9-10H2,1-5H3,(H,17,18). The van der Waals surface area contributed by atoms with E-state index >= 15 is 0 Å². The fourth-order valence-electron chi connectivity index (χ4n) is 2.00. The minimum absolute atomic E-state index is 0.0224. The lowest BCUT2D eigenvalue weighted by atomic mass is 9.83. The number of rotatable bonds is 8. The second-order valence-electron chi connectivity index (χ2n) is 5.30. The number of amides is 1. The maximum atomic E-state index is 12.4. The van der Waals surface area contributed by atoms with Crippen LogP contribution in [0.15, 0.2) is 18.2 Å². The number of nitrogens with one attached hydrogen (secondary N) is 1. The molecular formula is C16H25NO4. The summed E-state index contributed by atoms with van der Waals surface area (Å²) in [4.78, 5) is 12.4. The molecule has 1 aromatic carbocycles. The summed E-state index contributed by atoms with van der Waals surface area (Å²) in [7, 11) is 4.82. The lowest BCUT2D eigenvalue weighted by Crippen LogP contribution is -2.40. The summed E-state index contributed by atoms with van der Waals surface area (Å²) in [6.45, 7) is 5.01. The highest BCUT2D eigenvalue weighted by Gasteiger charge is 2.30. The van der Waals surface area contributed by atoms with Crippen LogP contribution in [0.4, 0.5) is 0 Å². The normalized spacial score (nSPS) is 11.1. The Morgan fingerprint density at radius 2 is 1.81 bits per heavy atom. The molecule has 1 N–H and O–H groups in total. The first-order valence-corrected chi connectivity index (χ1v) is 6.97. The van der Waals surface area contributed by atoms with Crippen LogP contribution < -0.4 is 14.8 Å². The highest BCUT2D eigenvalue weighted by molar-refractivity contribution is 5.87. The molecule has 0 aromatic heterocycles. The van der Waals surface area contributed by atoms with Crippen LogP contribution >= 0.6 is 0 Å². The Kier molecular flexibility index (Phi) is 6.49. The minimum Gasteiger partial charge on any atom is -0.493 e. The first-order valence-electron chi connectivity index (χ1n) is 6.97. The molecule has 0 radical (unpaired) electrons. The zero-order chi connectivity index (χ0) is 15.9. The van der Waals surface area contributed by atoms with Crippen LogP contribution in [-0.4, -0.2) is 40.4 Å². The van der Waals surface area contributed by atoms with E-state index in [2.05, 4.69) is 5.32 Å². The molecule has 0 atom stereocenters. The largest absolute Gasteiger partial charge is 0.493 e. The van der Waals surface area contributed by atoms with Gasteiger partial charge in [0, 0.05) is 20.3 Å². The Labute approximate surface area is 126 Å². The van der Waals surface area contributed by atoms with Gasteiger partial charge in [-0.2, -0.15) is 0 Å². The number of hydrogen-bond donors (Lipinski definition) is 1. The zero-order valence-corrected chi connectivity index (χ0v) is 13.5. The van der Waals surface area contributed by atoms with E-state index in [-0.39, 0.29) is 5.91 Å². The highest BCUT2D eigenvalue weighted by Crippen LogP contribution is 2.33. The third-order valence-corrected chi connectivity index (χ3v) is 3.48. The first-order chi connectivity index (χ1) is 9.97. The number of benzene rings is 1. The summed E-state index contributed by atoms with van der Waals surface area (Å²) in [5.74, 6) is 1.25. The van der Waals surface area contributed by atoms with Crippen LogP contribution in [0.2, 0.25) is 0 Å². The molecule has 0 aliphatic heterocycles. The van der Waals surface area contributed by atoms with Crippen molar-refractivity contribution in [3.63, 3.8) is 0 Å². The Morgan fingerprint density at radius 3 is 2.38 bits per heavy atom. The van der Waals surface area contributed by atoms with Gasteiger partial charge in [0.25, 0.3) is 0 Å². The molecule has 0 aliphatic rings. The van der Waals surface area contributed by atoms with Crippen molar-refractivity contribution in [2.75, 3.05) is 34.5 Å². The van der Waals surface area contributed by atoms with Crippen molar-refractivity contribution in [1.29, 1.82) is 0 Å². The van der Waals surface area contributed by atoms with Crippen LogP contribution in [-0.2, 0) is 14.9 Å². The highest BCUT2D eigenvalue weighted by atomic mass is 16.5. The van der Waals surface area contributed by atoms with Crippen molar-refractivity contribution in [3.8, 4) is 11.5 Å². The fraction of sp³-hybridized carbons (Fsp3) is 0.562. The molecule has 0 aliphatic carbocycles. The summed E-state index contributed by atoms with van der Waals surface area (Å²) in [6, 6.07) is 5.54. The van der Waals surface area contributed by atoms with E-state index in [0.717, 1.165) is 12.0 Å². The molecule has 5 nitrogen and oxygen atoms in total. The number of ether oxygens (including phenoxy) is 3. The smallest absolute Gasteiger partial charge is 0.230 e. The van der Waals surface area contributed by atoms with Crippen LogP contribution in [0.3, 0.4) is 0 Å². The van der Waals surface area contributed by atoms with Crippen molar-refractivity contribution in [2.24, 2.45) is 0 Å². The molecule has 21 heavy (non-hydrogen) atoms. The van der Waals surface area contributed by atoms with Gasteiger partial charge in [-0.05, 0) is 38.0 Å². The Morgan fingerprint density at radius 1 is 1.14 bits per heavy atom. The van der Waals surface area contributed by atoms with E-state index in [1.807, 2.05) is 32.0 Å². The molecule has 1 rings (SSSR count). The van der Waals surface area contributed by atoms with E-state index in [0.29, 0.717) is 24.7 Å². The molecular weight excluding hydrogens is 270 g/mol. The molecule has 0 unspecified atom stereocenters. The Bertz CT molecular complexity index is 471. The minimum atomic E-state index is -0.646. The van der Waals surface area contributed by atoms with Crippen molar-refractivity contribution in [2.45, 2.75) is 25.7 Å². The van der Waals surface area contributed by atoms with Gasteiger partial charge in [0.15, 0.2) is 11.5 Å². The topological polar surface area (TPSA) is 56.8 Å². The molecule has 0 bridgehead atoms. The van der Waals surface area contributed by atoms with Crippen molar-refractivity contribution >= 4 is 5.91 Å². The predicted molar refractivity (Wildman–Crippen MR) is 82.1 cm³/mol. The monoisotopic (exact) mass is 295 g/mol. The van der Waals surface area contributed by atoms with Gasteiger partial charge in [0.05, 0.1) is 19.6 Å². The lowest BCUT2D eigenvalue weighted by Gasteiger charge is -2.25. The van der Waals surface area contributed by atoms with Gasteiger partial charge in [0.1, 0.15) is 0 Å². The molecule has 0 fully saturated rings. The molecule has 1 amide bonds. The average molecular weight is 295 g/mol. The molecule has 0 saturated carbocycles. The maximum Gasteiger partial charge on any atom is 0.230 e. The van der Waals surface area contributed by atoms with Gasteiger partial charge in [-0.15, -0.1) is 0 Å². The van der Waals surface area contributed by atoms with E-state index in [4.69, 9.17) is 14.2 Å². The fourth-order valence-corrected chi connectivity index (χ4v) is 2.00. The van der Waals surface area contributed by atoms with Crippen LogP contribution in [0.5, 0.6) is 11.5 Å². The van der Waals surface area contributed by atoms with Gasteiger partial charge in [-0.25, -0.2) is 0 Å². The average Bonchev–Trinajstić information content (AvgIpc) is 2.50. The summed E-state index contributed by atoms with van der Waals surface area (Å²) in [6.07, 6.45) is 0.796. The molecule has 5 heteroatoms. The van der Waals surface area contributed by atoms with Gasteiger partial charge in [0.2, 0.25) is 5.91 Å². The lowest BCUT2D eigenvalue weighted by molar-refractivity contribution is -0.125. The molecule has 0 saturated heterocycles. The SMILES string of the molecule is COCCCNC(=O)C(C)(C)c1ccc(OC)c(OC)c1. The Balaban J connectivity index is 2.83. The van der Waals surface area contributed by atoms with E-state index in [1.54, 1.807) is 21.3 Å². The third-order valence-electron chi connectivity index (χ3n) is 3.48. The first kappa shape index (κ1) is 17.3. The maximum absolute atomic E-state index is 12.4. The second-order valence-corrected chi connectivity index (χ2v) is 5.30. The van der Waals surface area contributed by atoms with Crippen LogP contribution in [0.25, 0.3) is 0 Å². The van der Waals surface area contributed by atoms with Crippen molar-refractivity contribution in [1.82, 2.24) is 5.32 Å². The van der Waals surface area contributed by atoms with Crippen LogP contribution in [0, 0.1) is 0 Å². The van der Waals surface area contributed by atoms with E-state index < -0.39 is 5.41 Å². The third kappa shape index (κ3) is 4.36. The quantitative estimate of drug-likeness (QED) is 0.747. The second kappa shape index (κ2) is 7.88. The van der Waals surface area contributed by atoms with Gasteiger partial charge in [-0.1, -0.05) is 6.07 Å². The summed E-state index contributed by atoms with van der Waals surface area (Å²) >= 11 is 0. The summed E-state index contributed by atoms with van der Waals surface area (Å²) in [5, 5.41) is 2.93. The predicted octanol–water partition coefficient (Wildman–Crippen LogP) is 2.13. The van der Waals surface area contributed by atoms with E-state index in [1.165, 1.54) is 0 Å². The van der Waals surface area contributed by atoms with Crippen molar-refractivity contribution < 1.29 is 19.0 Å². The van der Waals surface area contributed by atoms with Crippen molar-refractivity contribution in [3.05, 3.63) is 23.8 Å². The number of methoxy groups -OCH3 is 3.